The molecule has 0 spiro atoms. The molecule has 0 aliphatic rings. The van der Waals surface area contributed by atoms with Crippen LogP contribution in [0.1, 0.15) is 11.3 Å². The van der Waals surface area contributed by atoms with Crippen molar-refractivity contribution in [1.29, 1.82) is 0 Å². The molecule has 134 valence electrons. The van der Waals surface area contributed by atoms with Crippen molar-refractivity contribution in [3.63, 3.8) is 0 Å². The minimum atomic E-state index is -0.0641. The van der Waals surface area contributed by atoms with Crippen molar-refractivity contribution in [2.24, 2.45) is 0 Å². The fourth-order valence-corrected chi connectivity index (χ4v) is 3.36. The van der Waals surface area contributed by atoms with Gasteiger partial charge in [0.1, 0.15) is 17.4 Å². The minimum absolute atomic E-state index is 0.0641. The number of carbonyl (C=O) groups is 1. The van der Waals surface area contributed by atoms with Crippen LogP contribution in [0.5, 0.6) is 5.75 Å². The van der Waals surface area contributed by atoms with Gasteiger partial charge in [0.2, 0.25) is 5.91 Å². The predicted octanol–water partition coefficient (Wildman–Crippen LogP) is 4.51. The van der Waals surface area contributed by atoms with Gasteiger partial charge in [0.25, 0.3) is 0 Å². The highest BCUT2D eigenvalue weighted by Crippen LogP contribution is 2.25. The zero-order chi connectivity index (χ0) is 18.4. The maximum atomic E-state index is 12.0. The highest BCUT2D eigenvalue weighted by Gasteiger charge is 2.09. The number of ether oxygens (including phenoxy) is 1. The molecule has 4 nitrogen and oxygen atoms in total. The fraction of sp³-hybridized carbons (Fsp3) is 0.200. The van der Waals surface area contributed by atoms with E-state index in [9.17, 15) is 4.79 Å². The summed E-state index contributed by atoms with van der Waals surface area (Å²) in [6.45, 7) is 2.91. The number of hydrogen-bond acceptors (Lipinski definition) is 4. The Morgan fingerprint density at radius 3 is 2.81 bits per heavy atom. The molecule has 3 rings (SSSR count). The molecule has 6 heteroatoms. The minimum Gasteiger partial charge on any atom is -0.492 e. The van der Waals surface area contributed by atoms with Crippen LogP contribution in [-0.4, -0.2) is 24.0 Å². The molecule has 1 heterocycles. The van der Waals surface area contributed by atoms with Crippen molar-refractivity contribution in [2.45, 2.75) is 13.3 Å². The third kappa shape index (κ3) is 5.31. The lowest BCUT2D eigenvalue weighted by Gasteiger charge is -2.07. The second kappa shape index (κ2) is 8.83. The molecular weight excluding hydrogens is 368 g/mol. The molecular formula is C20H19ClN2O2S. The van der Waals surface area contributed by atoms with E-state index in [2.05, 4.69) is 10.3 Å². The Kier molecular flexibility index (Phi) is 6.26. The highest BCUT2D eigenvalue weighted by atomic mass is 35.5. The van der Waals surface area contributed by atoms with Gasteiger partial charge in [-0.05, 0) is 36.8 Å². The van der Waals surface area contributed by atoms with Crippen LogP contribution in [0.2, 0.25) is 5.02 Å². The van der Waals surface area contributed by atoms with E-state index in [1.807, 2.05) is 60.8 Å². The van der Waals surface area contributed by atoms with Crippen LogP contribution in [0.15, 0.2) is 53.9 Å². The van der Waals surface area contributed by atoms with E-state index < -0.39 is 0 Å². The molecule has 2 aromatic carbocycles. The van der Waals surface area contributed by atoms with Crippen LogP contribution < -0.4 is 10.1 Å². The number of rotatable bonds is 7. The number of nitrogens with zero attached hydrogens (tertiary/aromatic N) is 1. The molecule has 1 amide bonds. The summed E-state index contributed by atoms with van der Waals surface area (Å²) >= 11 is 7.42. The van der Waals surface area contributed by atoms with Crippen molar-refractivity contribution in [3.8, 4) is 16.3 Å². The SMILES string of the molecule is Cc1cccc(OCCNC(=O)Cc2csc(-c3ccc(Cl)cc3)n2)c1. The largest absolute Gasteiger partial charge is 0.492 e. The lowest BCUT2D eigenvalue weighted by Crippen LogP contribution is -2.29. The number of nitrogens with one attached hydrogen (secondary N) is 1. The van der Waals surface area contributed by atoms with Crippen LogP contribution in [-0.2, 0) is 11.2 Å². The molecule has 0 atom stereocenters. The Hall–Kier alpha value is -2.37. The first-order valence-corrected chi connectivity index (χ1v) is 9.52. The molecule has 3 aromatic rings. The summed E-state index contributed by atoms with van der Waals surface area (Å²) in [5, 5.41) is 6.34. The van der Waals surface area contributed by atoms with Gasteiger partial charge in [-0.3, -0.25) is 4.79 Å². The molecule has 0 saturated carbocycles. The van der Waals surface area contributed by atoms with E-state index in [-0.39, 0.29) is 12.3 Å². The van der Waals surface area contributed by atoms with E-state index in [4.69, 9.17) is 16.3 Å². The first-order valence-electron chi connectivity index (χ1n) is 8.27. The van der Waals surface area contributed by atoms with E-state index in [1.54, 1.807) is 0 Å². The molecule has 0 aliphatic carbocycles. The second-order valence-electron chi connectivity index (χ2n) is 5.84. The molecule has 0 bridgehead atoms. The van der Waals surface area contributed by atoms with Gasteiger partial charge in [0.15, 0.2) is 0 Å². The number of aromatic nitrogens is 1. The van der Waals surface area contributed by atoms with E-state index >= 15 is 0 Å². The Balaban J connectivity index is 1.44. The Labute approximate surface area is 161 Å². The van der Waals surface area contributed by atoms with Gasteiger partial charge < -0.3 is 10.1 Å². The van der Waals surface area contributed by atoms with E-state index in [0.29, 0.717) is 18.2 Å². The van der Waals surface area contributed by atoms with Crippen molar-refractivity contribution >= 4 is 28.8 Å². The van der Waals surface area contributed by atoms with Gasteiger partial charge in [-0.25, -0.2) is 4.98 Å². The Morgan fingerprint density at radius 2 is 2.04 bits per heavy atom. The zero-order valence-electron chi connectivity index (χ0n) is 14.4. The molecule has 0 aliphatic heterocycles. The Bertz CT molecular complexity index is 878. The van der Waals surface area contributed by atoms with Gasteiger partial charge in [-0.2, -0.15) is 0 Å². The number of amides is 1. The molecule has 0 fully saturated rings. The summed E-state index contributed by atoms with van der Waals surface area (Å²) in [6, 6.07) is 15.3. The maximum absolute atomic E-state index is 12.0. The molecule has 1 aromatic heterocycles. The van der Waals surface area contributed by atoms with Crippen molar-refractivity contribution in [2.75, 3.05) is 13.2 Å². The van der Waals surface area contributed by atoms with Crippen LogP contribution in [0, 0.1) is 6.92 Å². The average Bonchev–Trinajstić information content (AvgIpc) is 3.08. The first-order chi connectivity index (χ1) is 12.6. The van der Waals surface area contributed by atoms with E-state index in [1.165, 1.54) is 11.3 Å². The van der Waals surface area contributed by atoms with Crippen LogP contribution in [0.4, 0.5) is 0 Å². The zero-order valence-corrected chi connectivity index (χ0v) is 15.9. The lowest BCUT2D eigenvalue weighted by molar-refractivity contribution is -0.120. The van der Waals surface area contributed by atoms with Crippen molar-refractivity contribution in [1.82, 2.24) is 10.3 Å². The number of hydrogen-bond donors (Lipinski definition) is 1. The standard InChI is InChI=1S/C20H19ClN2O2S/c1-14-3-2-4-18(11-14)25-10-9-22-19(24)12-17-13-26-20(23-17)15-5-7-16(21)8-6-15/h2-8,11,13H,9-10,12H2,1H3,(H,22,24). The summed E-state index contributed by atoms with van der Waals surface area (Å²) in [5.41, 5.74) is 2.90. The van der Waals surface area contributed by atoms with Gasteiger partial charge in [-0.1, -0.05) is 35.9 Å². The third-order valence-corrected chi connectivity index (χ3v) is 4.86. The second-order valence-corrected chi connectivity index (χ2v) is 7.14. The smallest absolute Gasteiger partial charge is 0.226 e. The summed E-state index contributed by atoms with van der Waals surface area (Å²) in [7, 11) is 0. The van der Waals surface area contributed by atoms with E-state index in [0.717, 1.165) is 27.6 Å². The number of halogens is 1. The van der Waals surface area contributed by atoms with Gasteiger partial charge in [0.05, 0.1) is 18.7 Å². The molecule has 0 unspecified atom stereocenters. The fourth-order valence-electron chi connectivity index (χ4n) is 2.40. The summed E-state index contributed by atoms with van der Waals surface area (Å²) in [6.07, 6.45) is 0.258. The maximum Gasteiger partial charge on any atom is 0.226 e. The van der Waals surface area contributed by atoms with Crippen LogP contribution in [0.25, 0.3) is 10.6 Å². The van der Waals surface area contributed by atoms with Gasteiger partial charge >= 0.3 is 0 Å². The molecule has 0 radical (unpaired) electrons. The lowest BCUT2D eigenvalue weighted by atomic mass is 10.2. The van der Waals surface area contributed by atoms with Crippen LogP contribution >= 0.6 is 22.9 Å². The summed E-state index contributed by atoms with van der Waals surface area (Å²) in [4.78, 5) is 16.6. The first kappa shape index (κ1) is 18.4. The highest BCUT2D eigenvalue weighted by molar-refractivity contribution is 7.13. The quantitative estimate of drug-likeness (QED) is 0.608. The predicted molar refractivity (Wildman–Crippen MR) is 106 cm³/mol. The molecule has 26 heavy (non-hydrogen) atoms. The van der Waals surface area contributed by atoms with Crippen molar-refractivity contribution in [3.05, 3.63) is 70.2 Å². The third-order valence-electron chi connectivity index (χ3n) is 3.67. The van der Waals surface area contributed by atoms with Crippen molar-refractivity contribution < 1.29 is 9.53 Å². The van der Waals surface area contributed by atoms with Gasteiger partial charge in [0, 0.05) is 16.0 Å². The monoisotopic (exact) mass is 386 g/mol. The summed E-state index contributed by atoms with van der Waals surface area (Å²) < 4.78 is 5.62. The number of carbonyl (C=O) groups excluding carboxylic acids is 1. The number of thiazole rings is 1. The molecule has 1 N–H and O–H groups in total. The number of aryl methyl sites for hydroxylation is 1. The average molecular weight is 387 g/mol. The normalized spacial score (nSPS) is 10.5. The topological polar surface area (TPSA) is 51.2 Å². The summed E-state index contributed by atoms with van der Waals surface area (Å²) in [5.74, 6) is 0.747. The Morgan fingerprint density at radius 1 is 1.23 bits per heavy atom. The number of benzene rings is 2. The molecule has 0 saturated heterocycles. The van der Waals surface area contributed by atoms with Gasteiger partial charge in [-0.15, -0.1) is 11.3 Å². The van der Waals surface area contributed by atoms with Crippen LogP contribution in [0.3, 0.4) is 0 Å².